The van der Waals surface area contributed by atoms with Gasteiger partial charge in [0.2, 0.25) is 0 Å². The summed E-state index contributed by atoms with van der Waals surface area (Å²) in [5.41, 5.74) is 3.36. The van der Waals surface area contributed by atoms with E-state index in [1.165, 1.54) is 29.8 Å². The average Bonchev–Trinajstić information content (AvgIpc) is 3.09. The number of sulfone groups is 1. The first kappa shape index (κ1) is 21.8. The Bertz CT molecular complexity index is 1110. The van der Waals surface area contributed by atoms with Crippen molar-refractivity contribution in [2.75, 3.05) is 19.3 Å². The highest BCUT2D eigenvalue weighted by Gasteiger charge is 2.11. The zero-order valence-electron chi connectivity index (χ0n) is 17.2. The van der Waals surface area contributed by atoms with Crippen LogP contribution in [0.4, 0.5) is 4.39 Å². The second-order valence-corrected chi connectivity index (χ2v) is 9.38. The Hall–Kier alpha value is -2.87. The number of nitrogens with zero attached hydrogens (tertiary/aromatic N) is 1. The molecule has 0 saturated carbocycles. The Morgan fingerprint density at radius 2 is 1.90 bits per heavy atom. The molecule has 6 nitrogen and oxygen atoms in total. The lowest BCUT2D eigenvalue weighted by Gasteiger charge is -2.12. The summed E-state index contributed by atoms with van der Waals surface area (Å²) in [6, 6.07) is 14.4. The molecule has 0 atom stereocenters. The minimum Gasteiger partial charge on any atom is -0.358 e. The summed E-state index contributed by atoms with van der Waals surface area (Å²) >= 11 is 0. The molecule has 0 aliphatic heterocycles. The zero-order valence-corrected chi connectivity index (χ0v) is 18.0. The van der Waals surface area contributed by atoms with Gasteiger partial charge in [-0.15, -0.1) is 0 Å². The van der Waals surface area contributed by atoms with Gasteiger partial charge in [-0.3, -0.25) is 0 Å². The molecule has 0 radical (unpaired) electrons. The van der Waals surface area contributed by atoms with Gasteiger partial charge in [0, 0.05) is 37.0 Å². The summed E-state index contributed by atoms with van der Waals surface area (Å²) in [5.74, 6) is 0.0556. The zero-order chi connectivity index (χ0) is 21.6. The highest BCUT2D eigenvalue weighted by molar-refractivity contribution is 7.89. The molecule has 0 amide bonds. The normalized spacial score (nSPS) is 12.3. The minimum atomic E-state index is -3.22. The molecular weight excluding hydrogens is 403 g/mol. The van der Waals surface area contributed by atoms with Crippen LogP contribution in [-0.2, 0) is 28.6 Å². The van der Waals surface area contributed by atoms with Crippen LogP contribution in [0.2, 0.25) is 0 Å². The maximum absolute atomic E-state index is 13.7. The number of fused-ring (bicyclic) bond motifs is 1. The molecule has 3 N–H and O–H groups in total. The quantitative estimate of drug-likeness (QED) is 0.379. The minimum absolute atomic E-state index is 0.136. The molecule has 0 aliphatic carbocycles. The van der Waals surface area contributed by atoms with Crippen molar-refractivity contribution in [1.29, 1.82) is 0 Å². The molecular formula is C22H27FN4O2S. The van der Waals surface area contributed by atoms with Crippen LogP contribution < -0.4 is 10.6 Å². The lowest BCUT2D eigenvalue weighted by molar-refractivity contribution is 0.600. The van der Waals surface area contributed by atoms with Crippen molar-refractivity contribution >= 4 is 26.7 Å². The Kier molecular flexibility index (Phi) is 7.10. The maximum Gasteiger partial charge on any atom is 0.191 e. The van der Waals surface area contributed by atoms with Gasteiger partial charge < -0.3 is 15.6 Å². The number of halogens is 1. The molecule has 30 heavy (non-hydrogen) atoms. The maximum atomic E-state index is 13.7. The molecule has 0 unspecified atom stereocenters. The third kappa shape index (κ3) is 6.32. The molecule has 2 aromatic carbocycles. The Morgan fingerprint density at radius 3 is 2.63 bits per heavy atom. The van der Waals surface area contributed by atoms with Gasteiger partial charge in [-0.05, 0) is 47.7 Å². The molecule has 0 bridgehead atoms. The summed E-state index contributed by atoms with van der Waals surface area (Å²) in [6.45, 7) is 3.49. The fourth-order valence-electron chi connectivity index (χ4n) is 3.25. The van der Waals surface area contributed by atoms with Crippen molar-refractivity contribution in [3.63, 3.8) is 0 Å². The van der Waals surface area contributed by atoms with Crippen molar-refractivity contribution in [1.82, 2.24) is 15.6 Å². The highest BCUT2D eigenvalue weighted by atomic mass is 32.2. The van der Waals surface area contributed by atoms with Crippen LogP contribution in [0.15, 0.2) is 53.5 Å². The Balaban J connectivity index is 1.66. The van der Waals surface area contributed by atoms with E-state index in [9.17, 15) is 12.8 Å². The van der Waals surface area contributed by atoms with E-state index >= 15 is 0 Å². The van der Waals surface area contributed by atoms with Crippen molar-refractivity contribution in [2.24, 2.45) is 4.99 Å². The number of hydrogen-bond donors (Lipinski definition) is 3. The molecule has 1 heterocycles. The van der Waals surface area contributed by atoms with E-state index in [2.05, 4.69) is 32.7 Å². The van der Waals surface area contributed by atoms with E-state index in [1.807, 2.05) is 25.1 Å². The molecule has 1 aromatic heterocycles. The first-order valence-electron chi connectivity index (χ1n) is 9.88. The van der Waals surface area contributed by atoms with Gasteiger partial charge in [0.25, 0.3) is 0 Å². The van der Waals surface area contributed by atoms with Gasteiger partial charge in [-0.25, -0.2) is 17.8 Å². The standard InChI is InChI=1S/C22H27FN4O2S/c1-3-24-22(25-11-10-20-13-16-6-4-5-7-21(16)27-20)26-14-18-12-19(23)9-8-17(18)15-30(2,28)29/h4-9,12-13,27H,3,10-11,14-15H2,1-2H3,(H2,24,25,26). The molecule has 0 spiro atoms. The predicted octanol–water partition coefficient (Wildman–Crippen LogP) is 3.15. The van der Waals surface area contributed by atoms with Crippen molar-refractivity contribution < 1.29 is 12.8 Å². The number of hydrogen-bond acceptors (Lipinski definition) is 3. The summed E-state index contributed by atoms with van der Waals surface area (Å²) in [6.07, 6.45) is 1.96. The molecule has 0 saturated heterocycles. The van der Waals surface area contributed by atoms with Crippen LogP contribution in [0, 0.1) is 5.82 Å². The fourth-order valence-corrected chi connectivity index (χ4v) is 4.10. The molecule has 160 valence electrons. The number of aromatic nitrogens is 1. The van der Waals surface area contributed by atoms with Crippen molar-refractivity contribution in [3.05, 3.63) is 71.2 Å². The Morgan fingerprint density at radius 1 is 1.10 bits per heavy atom. The smallest absolute Gasteiger partial charge is 0.191 e. The number of benzene rings is 2. The first-order chi connectivity index (χ1) is 14.3. The van der Waals surface area contributed by atoms with Crippen LogP contribution >= 0.6 is 0 Å². The van der Waals surface area contributed by atoms with E-state index in [-0.39, 0.29) is 12.3 Å². The first-order valence-corrected chi connectivity index (χ1v) is 11.9. The van der Waals surface area contributed by atoms with Gasteiger partial charge in [0.1, 0.15) is 5.82 Å². The van der Waals surface area contributed by atoms with E-state index in [0.29, 0.717) is 30.2 Å². The number of aliphatic imine (C=N–C) groups is 1. The van der Waals surface area contributed by atoms with E-state index in [1.54, 1.807) is 0 Å². The topological polar surface area (TPSA) is 86.3 Å². The van der Waals surface area contributed by atoms with Gasteiger partial charge in [0.05, 0.1) is 12.3 Å². The summed E-state index contributed by atoms with van der Waals surface area (Å²) in [4.78, 5) is 7.91. The molecule has 8 heteroatoms. The monoisotopic (exact) mass is 430 g/mol. The number of aromatic amines is 1. The lowest BCUT2D eigenvalue weighted by atomic mass is 10.1. The molecule has 0 aliphatic rings. The number of guanidine groups is 1. The number of H-pyrrole nitrogens is 1. The summed E-state index contributed by atoms with van der Waals surface area (Å²) in [5, 5.41) is 7.62. The van der Waals surface area contributed by atoms with Crippen LogP contribution in [0.25, 0.3) is 10.9 Å². The van der Waals surface area contributed by atoms with Crippen LogP contribution in [-0.4, -0.2) is 38.7 Å². The van der Waals surface area contributed by atoms with E-state index in [4.69, 9.17) is 0 Å². The highest BCUT2D eigenvalue weighted by Crippen LogP contribution is 2.16. The summed E-state index contributed by atoms with van der Waals surface area (Å²) in [7, 11) is -3.22. The molecule has 0 fully saturated rings. The SMILES string of the molecule is CCNC(=NCc1cc(F)ccc1CS(C)(=O)=O)NCCc1cc2ccccc2[nH]1. The summed E-state index contributed by atoms with van der Waals surface area (Å²) < 4.78 is 37.0. The Labute approximate surface area is 176 Å². The largest absolute Gasteiger partial charge is 0.358 e. The van der Waals surface area contributed by atoms with Crippen molar-refractivity contribution in [2.45, 2.75) is 25.6 Å². The predicted molar refractivity (Wildman–Crippen MR) is 120 cm³/mol. The van der Waals surface area contributed by atoms with Crippen LogP contribution in [0.3, 0.4) is 0 Å². The van der Waals surface area contributed by atoms with Crippen molar-refractivity contribution in [3.8, 4) is 0 Å². The second-order valence-electron chi connectivity index (χ2n) is 7.24. The van der Waals surface area contributed by atoms with E-state index < -0.39 is 15.7 Å². The third-order valence-corrected chi connectivity index (χ3v) is 5.45. The average molecular weight is 431 g/mol. The van der Waals surface area contributed by atoms with Gasteiger partial charge in [-0.2, -0.15) is 0 Å². The van der Waals surface area contributed by atoms with Gasteiger partial charge in [0.15, 0.2) is 15.8 Å². The lowest BCUT2D eigenvalue weighted by Crippen LogP contribution is -2.38. The number of para-hydroxylation sites is 1. The van der Waals surface area contributed by atoms with Crippen LogP contribution in [0.1, 0.15) is 23.7 Å². The number of nitrogens with one attached hydrogen (secondary N) is 3. The van der Waals surface area contributed by atoms with Crippen LogP contribution in [0.5, 0.6) is 0 Å². The second kappa shape index (κ2) is 9.75. The molecule has 3 rings (SSSR count). The number of rotatable bonds is 8. The van der Waals surface area contributed by atoms with Gasteiger partial charge in [-0.1, -0.05) is 24.3 Å². The van der Waals surface area contributed by atoms with Gasteiger partial charge >= 0.3 is 0 Å². The van der Waals surface area contributed by atoms with E-state index in [0.717, 1.165) is 17.6 Å². The molecule has 3 aromatic rings. The fraction of sp³-hybridized carbons (Fsp3) is 0.318. The third-order valence-electron chi connectivity index (χ3n) is 4.61.